The van der Waals surface area contributed by atoms with Gasteiger partial charge >= 0.3 is 0 Å². The molecular formula is C15H20N2O2. The molecule has 1 atom stereocenters. The highest BCUT2D eigenvalue weighted by atomic mass is 16.5. The number of benzene rings is 1. The van der Waals surface area contributed by atoms with Crippen molar-refractivity contribution in [3.63, 3.8) is 0 Å². The first-order valence-corrected chi connectivity index (χ1v) is 6.77. The van der Waals surface area contributed by atoms with Crippen LogP contribution in [0.25, 0.3) is 10.9 Å². The van der Waals surface area contributed by atoms with Gasteiger partial charge in [-0.25, -0.2) is 0 Å². The van der Waals surface area contributed by atoms with E-state index >= 15 is 0 Å². The summed E-state index contributed by atoms with van der Waals surface area (Å²) in [5.41, 5.74) is 2.49. The van der Waals surface area contributed by atoms with E-state index in [9.17, 15) is 0 Å². The zero-order valence-corrected chi connectivity index (χ0v) is 11.5. The number of rotatable bonds is 3. The number of methoxy groups -OCH3 is 2. The van der Waals surface area contributed by atoms with E-state index in [-0.39, 0.29) is 0 Å². The summed E-state index contributed by atoms with van der Waals surface area (Å²) in [4.78, 5) is 3.35. The third-order valence-electron chi connectivity index (χ3n) is 3.95. The van der Waals surface area contributed by atoms with Crippen LogP contribution in [0.2, 0.25) is 0 Å². The van der Waals surface area contributed by atoms with E-state index in [0.29, 0.717) is 5.92 Å². The molecule has 0 amide bonds. The summed E-state index contributed by atoms with van der Waals surface area (Å²) in [5.74, 6) is 2.14. The monoisotopic (exact) mass is 260 g/mol. The fourth-order valence-electron chi connectivity index (χ4n) is 2.93. The first kappa shape index (κ1) is 12.4. The maximum absolute atomic E-state index is 5.40. The molecule has 1 aromatic heterocycles. The minimum atomic E-state index is 0.584. The minimum Gasteiger partial charge on any atom is -0.493 e. The second-order valence-electron chi connectivity index (χ2n) is 5.04. The number of piperidine rings is 1. The Balaban J connectivity index is 2.06. The van der Waals surface area contributed by atoms with Crippen LogP contribution < -0.4 is 14.8 Å². The lowest BCUT2D eigenvalue weighted by atomic mass is 9.91. The smallest absolute Gasteiger partial charge is 0.162 e. The lowest BCUT2D eigenvalue weighted by molar-refractivity contribution is 0.356. The van der Waals surface area contributed by atoms with Crippen molar-refractivity contribution in [3.8, 4) is 11.5 Å². The number of hydrogen-bond acceptors (Lipinski definition) is 3. The fraction of sp³-hybridized carbons (Fsp3) is 0.467. The lowest BCUT2D eigenvalue weighted by Gasteiger charge is -2.22. The summed E-state index contributed by atoms with van der Waals surface area (Å²) in [6.45, 7) is 2.19. The molecule has 2 heterocycles. The van der Waals surface area contributed by atoms with Gasteiger partial charge in [0.1, 0.15) is 0 Å². The fourth-order valence-corrected chi connectivity index (χ4v) is 2.93. The zero-order chi connectivity index (χ0) is 13.2. The van der Waals surface area contributed by atoms with E-state index < -0.39 is 0 Å². The Labute approximate surface area is 113 Å². The number of H-pyrrole nitrogens is 1. The van der Waals surface area contributed by atoms with Gasteiger partial charge in [0.25, 0.3) is 0 Å². The molecule has 102 valence electrons. The van der Waals surface area contributed by atoms with Crippen molar-refractivity contribution in [1.82, 2.24) is 10.3 Å². The molecule has 1 aliphatic rings. The number of hydrogen-bond donors (Lipinski definition) is 2. The molecule has 3 rings (SSSR count). The van der Waals surface area contributed by atoms with Gasteiger partial charge in [0.2, 0.25) is 0 Å². The van der Waals surface area contributed by atoms with Crippen molar-refractivity contribution < 1.29 is 9.47 Å². The van der Waals surface area contributed by atoms with Crippen LogP contribution >= 0.6 is 0 Å². The van der Waals surface area contributed by atoms with Crippen LogP contribution in [-0.4, -0.2) is 32.3 Å². The average molecular weight is 260 g/mol. The van der Waals surface area contributed by atoms with Crippen LogP contribution in [0.3, 0.4) is 0 Å². The molecule has 1 aromatic carbocycles. The van der Waals surface area contributed by atoms with Gasteiger partial charge in [0.05, 0.1) is 14.2 Å². The molecule has 2 N–H and O–H groups in total. The van der Waals surface area contributed by atoms with Gasteiger partial charge in [-0.2, -0.15) is 0 Å². The maximum Gasteiger partial charge on any atom is 0.162 e. The highest BCUT2D eigenvalue weighted by Gasteiger charge is 2.19. The van der Waals surface area contributed by atoms with Crippen LogP contribution in [0, 0.1) is 0 Å². The van der Waals surface area contributed by atoms with Crippen molar-refractivity contribution in [2.75, 3.05) is 27.3 Å². The van der Waals surface area contributed by atoms with Gasteiger partial charge in [-0.1, -0.05) is 0 Å². The molecule has 4 heteroatoms. The molecule has 0 bridgehead atoms. The molecule has 0 spiro atoms. The summed E-state index contributed by atoms with van der Waals surface area (Å²) in [5, 5.41) is 4.71. The summed E-state index contributed by atoms with van der Waals surface area (Å²) in [6.07, 6.45) is 4.61. The van der Waals surface area contributed by atoms with Crippen LogP contribution in [0.4, 0.5) is 0 Å². The third-order valence-corrected chi connectivity index (χ3v) is 3.95. The number of ether oxygens (including phenoxy) is 2. The number of nitrogens with one attached hydrogen (secondary N) is 2. The van der Waals surface area contributed by atoms with E-state index in [1.54, 1.807) is 14.2 Å². The summed E-state index contributed by atoms with van der Waals surface area (Å²) >= 11 is 0. The van der Waals surface area contributed by atoms with Crippen molar-refractivity contribution in [1.29, 1.82) is 0 Å². The number of aromatic nitrogens is 1. The van der Waals surface area contributed by atoms with Crippen LogP contribution in [0.15, 0.2) is 18.3 Å². The predicted molar refractivity (Wildman–Crippen MR) is 76.2 cm³/mol. The van der Waals surface area contributed by atoms with E-state index in [4.69, 9.17) is 9.47 Å². The average Bonchev–Trinajstić information content (AvgIpc) is 2.89. The first-order chi connectivity index (χ1) is 9.33. The van der Waals surface area contributed by atoms with Crippen molar-refractivity contribution in [3.05, 3.63) is 23.9 Å². The van der Waals surface area contributed by atoms with Gasteiger partial charge in [0, 0.05) is 29.7 Å². The van der Waals surface area contributed by atoms with Crippen LogP contribution in [0.1, 0.15) is 24.3 Å². The van der Waals surface area contributed by atoms with E-state index in [1.807, 2.05) is 6.07 Å². The maximum atomic E-state index is 5.40. The molecule has 1 saturated heterocycles. The van der Waals surface area contributed by atoms with Gasteiger partial charge in [-0.05, 0) is 36.9 Å². The second kappa shape index (κ2) is 5.13. The van der Waals surface area contributed by atoms with E-state index in [0.717, 1.165) is 30.1 Å². The van der Waals surface area contributed by atoms with Gasteiger partial charge in [0.15, 0.2) is 11.5 Å². The molecule has 0 aliphatic carbocycles. The standard InChI is InChI=1S/C15H20N2O2/c1-18-14-6-11-12(10-4-3-5-16-8-10)9-17-13(11)7-15(14)19-2/h6-7,9-10,16-17H,3-5,8H2,1-2H3. The minimum absolute atomic E-state index is 0.584. The van der Waals surface area contributed by atoms with E-state index in [2.05, 4.69) is 22.6 Å². The van der Waals surface area contributed by atoms with E-state index in [1.165, 1.54) is 23.8 Å². The normalized spacial score (nSPS) is 19.6. The topological polar surface area (TPSA) is 46.3 Å². The first-order valence-electron chi connectivity index (χ1n) is 6.77. The van der Waals surface area contributed by atoms with Gasteiger partial charge in [-0.3, -0.25) is 0 Å². The molecule has 19 heavy (non-hydrogen) atoms. The lowest BCUT2D eigenvalue weighted by Crippen LogP contribution is -2.28. The largest absolute Gasteiger partial charge is 0.493 e. The Bertz CT molecular complexity index is 571. The molecule has 1 aliphatic heterocycles. The summed E-state index contributed by atoms with van der Waals surface area (Å²) in [7, 11) is 3.34. The number of aromatic amines is 1. The third kappa shape index (κ3) is 2.16. The molecule has 0 radical (unpaired) electrons. The summed E-state index contributed by atoms with van der Waals surface area (Å²) < 4.78 is 10.7. The molecule has 1 fully saturated rings. The zero-order valence-electron chi connectivity index (χ0n) is 11.5. The predicted octanol–water partition coefficient (Wildman–Crippen LogP) is 2.65. The Kier molecular flexibility index (Phi) is 3.34. The van der Waals surface area contributed by atoms with Crippen molar-refractivity contribution in [2.45, 2.75) is 18.8 Å². The Morgan fingerprint density at radius 3 is 2.63 bits per heavy atom. The Hall–Kier alpha value is -1.68. The highest BCUT2D eigenvalue weighted by molar-refractivity contribution is 5.87. The quantitative estimate of drug-likeness (QED) is 0.892. The van der Waals surface area contributed by atoms with Crippen LogP contribution in [-0.2, 0) is 0 Å². The highest BCUT2D eigenvalue weighted by Crippen LogP contribution is 2.36. The molecule has 4 nitrogen and oxygen atoms in total. The second-order valence-corrected chi connectivity index (χ2v) is 5.04. The molecular weight excluding hydrogens is 240 g/mol. The van der Waals surface area contributed by atoms with Gasteiger partial charge in [-0.15, -0.1) is 0 Å². The Morgan fingerprint density at radius 2 is 1.95 bits per heavy atom. The van der Waals surface area contributed by atoms with Crippen molar-refractivity contribution >= 4 is 10.9 Å². The number of fused-ring (bicyclic) bond motifs is 1. The van der Waals surface area contributed by atoms with Crippen molar-refractivity contribution in [2.24, 2.45) is 0 Å². The molecule has 1 unspecified atom stereocenters. The van der Waals surface area contributed by atoms with Gasteiger partial charge < -0.3 is 19.8 Å². The SMILES string of the molecule is COc1cc2[nH]cc(C3CCCNC3)c2cc1OC. The van der Waals surface area contributed by atoms with Crippen LogP contribution in [0.5, 0.6) is 11.5 Å². The molecule has 0 saturated carbocycles. The summed E-state index contributed by atoms with van der Waals surface area (Å²) in [6, 6.07) is 4.09. The molecule has 2 aromatic rings. The Morgan fingerprint density at radius 1 is 1.16 bits per heavy atom.